The molecule has 2 N–H and O–H groups in total. The molecular weight excluding hydrogens is 194 g/mol. The molecule has 0 spiro atoms. The van der Waals surface area contributed by atoms with E-state index in [2.05, 4.69) is 15.9 Å². The summed E-state index contributed by atoms with van der Waals surface area (Å²) in [5.41, 5.74) is 6.22. The summed E-state index contributed by atoms with van der Waals surface area (Å²) in [7, 11) is 0. The molecule has 0 aliphatic rings. The molecule has 0 aliphatic carbocycles. The van der Waals surface area contributed by atoms with E-state index in [1.54, 1.807) is 0 Å². The minimum atomic E-state index is 0.791. The molecule has 2 nitrogen and oxygen atoms in total. The Hall–Kier alpha value is -0.830. The van der Waals surface area contributed by atoms with Gasteiger partial charge < -0.3 is 10.5 Å². The Labute approximate surface area is 68.2 Å². The van der Waals surface area contributed by atoms with Crippen LogP contribution in [0.5, 0.6) is 0 Å². The van der Waals surface area contributed by atoms with Gasteiger partial charge in [0, 0.05) is 10.2 Å². The zero-order valence-electron chi connectivity index (χ0n) is 5.38. The monoisotopic (exact) mass is 201 g/mol. The Morgan fingerprint density at radius 3 is 2.30 bits per heavy atom. The zero-order chi connectivity index (χ0) is 7.98. The second-order valence-electron chi connectivity index (χ2n) is 1.56. The number of hydrogen-bond acceptors (Lipinski definition) is 2. The molecule has 0 fully saturated rings. The molecule has 0 radical (unpaired) electrons. The highest BCUT2D eigenvalue weighted by molar-refractivity contribution is 9.10. The lowest BCUT2D eigenvalue weighted by Gasteiger charge is -1.89. The van der Waals surface area contributed by atoms with Crippen LogP contribution in [0.4, 0.5) is 5.69 Å². The minimum Gasteiger partial charge on any atom is -0.399 e. The summed E-state index contributed by atoms with van der Waals surface area (Å²) in [6, 6.07) is 7.56. The summed E-state index contributed by atoms with van der Waals surface area (Å²) in [5.74, 6) is 0. The predicted octanol–water partition coefficient (Wildman–Crippen LogP) is 1.85. The third kappa shape index (κ3) is 3.25. The van der Waals surface area contributed by atoms with Crippen LogP contribution >= 0.6 is 15.9 Å². The average molecular weight is 202 g/mol. The topological polar surface area (TPSA) is 43.1 Å². The molecule has 0 bridgehead atoms. The van der Waals surface area contributed by atoms with E-state index in [-0.39, 0.29) is 0 Å². The van der Waals surface area contributed by atoms with Gasteiger partial charge in [-0.15, -0.1) is 0 Å². The molecular formula is C7H8BrNO. The number of nitrogens with two attached hydrogens (primary N) is 1. The molecule has 0 atom stereocenters. The number of anilines is 1. The molecule has 0 heterocycles. The highest BCUT2D eigenvalue weighted by atomic mass is 79.9. The van der Waals surface area contributed by atoms with Crippen LogP contribution in [0.2, 0.25) is 0 Å². The van der Waals surface area contributed by atoms with Crippen molar-refractivity contribution in [1.29, 1.82) is 0 Å². The predicted molar refractivity (Wildman–Crippen MR) is 45.7 cm³/mol. The smallest absolute Gasteiger partial charge is 0.106 e. The molecule has 1 aromatic rings. The number of nitrogen functional groups attached to an aromatic ring is 1. The summed E-state index contributed by atoms with van der Waals surface area (Å²) in [5, 5.41) is 0. The van der Waals surface area contributed by atoms with Crippen LogP contribution in [0, 0.1) is 0 Å². The molecule has 54 valence electrons. The van der Waals surface area contributed by atoms with E-state index in [0.29, 0.717) is 0 Å². The summed E-state index contributed by atoms with van der Waals surface area (Å²) in [6.45, 7) is 2.00. The second kappa shape index (κ2) is 4.99. The number of carbonyl (C=O) groups is 1. The maximum atomic E-state index is 8.00. The van der Waals surface area contributed by atoms with Gasteiger partial charge in [-0.3, -0.25) is 0 Å². The Morgan fingerprint density at radius 2 is 2.00 bits per heavy atom. The van der Waals surface area contributed by atoms with Gasteiger partial charge in [0.1, 0.15) is 6.79 Å². The molecule has 3 heteroatoms. The van der Waals surface area contributed by atoms with Crippen molar-refractivity contribution in [2.75, 3.05) is 5.73 Å². The quantitative estimate of drug-likeness (QED) is 0.652. The largest absolute Gasteiger partial charge is 0.399 e. The van der Waals surface area contributed by atoms with E-state index in [1.165, 1.54) is 0 Å². The maximum Gasteiger partial charge on any atom is 0.106 e. The Balaban J connectivity index is 0.000000371. The van der Waals surface area contributed by atoms with Crippen molar-refractivity contribution in [1.82, 2.24) is 0 Å². The van der Waals surface area contributed by atoms with Crippen molar-refractivity contribution in [3.8, 4) is 0 Å². The fraction of sp³-hybridized carbons (Fsp3) is 0. The Kier molecular flexibility index (Phi) is 4.58. The van der Waals surface area contributed by atoms with Crippen molar-refractivity contribution < 1.29 is 4.79 Å². The van der Waals surface area contributed by atoms with Crippen LogP contribution in [0.1, 0.15) is 0 Å². The molecule has 0 unspecified atom stereocenters. The van der Waals surface area contributed by atoms with Gasteiger partial charge in [-0.1, -0.05) is 22.0 Å². The van der Waals surface area contributed by atoms with Crippen molar-refractivity contribution in [2.24, 2.45) is 0 Å². The van der Waals surface area contributed by atoms with Gasteiger partial charge in [0.2, 0.25) is 0 Å². The first-order valence-corrected chi connectivity index (χ1v) is 3.38. The van der Waals surface area contributed by atoms with E-state index in [1.807, 2.05) is 31.1 Å². The fourth-order valence-corrected chi connectivity index (χ4v) is 0.924. The molecule has 0 amide bonds. The fourth-order valence-electron chi connectivity index (χ4n) is 0.507. The van der Waals surface area contributed by atoms with Crippen molar-refractivity contribution in [3.63, 3.8) is 0 Å². The van der Waals surface area contributed by atoms with Crippen molar-refractivity contribution >= 4 is 28.4 Å². The van der Waals surface area contributed by atoms with E-state index in [4.69, 9.17) is 10.5 Å². The number of hydrogen-bond donors (Lipinski definition) is 1. The van der Waals surface area contributed by atoms with Crippen molar-refractivity contribution in [2.45, 2.75) is 0 Å². The molecule has 0 aliphatic heterocycles. The van der Waals surface area contributed by atoms with Crippen LogP contribution in [0.3, 0.4) is 0 Å². The summed E-state index contributed by atoms with van der Waals surface area (Å²) >= 11 is 3.28. The molecule has 10 heavy (non-hydrogen) atoms. The maximum absolute atomic E-state index is 8.00. The highest BCUT2D eigenvalue weighted by Crippen LogP contribution is 2.11. The second-order valence-corrected chi connectivity index (χ2v) is 2.47. The van der Waals surface area contributed by atoms with E-state index in [0.717, 1.165) is 10.2 Å². The highest BCUT2D eigenvalue weighted by Gasteiger charge is 1.82. The average Bonchev–Trinajstić information content (AvgIpc) is 1.91. The first-order valence-electron chi connectivity index (χ1n) is 2.59. The summed E-state index contributed by atoms with van der Waals surface area (Å²) in [4.78, 5) is 8.00. The van der Waals surface area contributed by atoms with E-state index < -0.39 is 0 Å². The van der Waals surface area contributed by atoms with Gasteiger partial charge in [-0.25, -0.2) is 0 Å². The standard InChI is InChI=1S/C6H6BrN.CH2O/c7-5-2-1-3-6(8)4-5;1-2/h1-4H,8H2;1H2. The van der Waals surface area contributed by atoms with Crippen LogP contribution in [-0.4, -0.2) is 6.79 Å². The lowest BCUT2D eigenvalue weighted by atomic mass is 10.3. The van der Waals surface area contributed by atoms with Crippen LogP contribution in [0.15, 0.2) is 28.7 Å². The first-order chi connectivity index (χ1) is 4.79. The normalized spacial score (nSPS) is 7.70. The molecule has 0 saturated carbocycles. The SMILES string of the molecule is C=O.Nc1cccc(Br)c1. The third-order valence-electron chi connectivity index (χ3n) is 0.849. The first kappa shape index (κ1) is 9.17. The van der Waals surface area contributed by atoms with Crippen LogP contribution < -0.4 is 5.73 Å². The Morgan fingerprint density at radius 1 is 1.40 bits per heavy atom. The third-order valence-corrected chi connectivity index (χ3v) is 1.34. The summed E-state index contributed by atoms with van der Waals surface area (Å²) in [6.07, 6.45) is 0. The van der Waals surface area contributed by atoms with Gasteiger partial charge in [0.05, 0.1) is 0 Å². The molecule has 1 rings (SSSR count). The van der Waals surface area contributed by atoms with Crippen molar-refractivity contribution in [3.05, 3.63) is 28.7 Å². The molecule has 1 aromatic carbocycles. The van der Waals surface area contributed by atoms with Crippen LogP contribution in [-0.2, 0) is 4.79 Å². The van der Waals surface area contributed by atoms with Gasteiger partial charge in [0.15, 0.2) is 0 Å². The lowest BCUT2D eigenvalue weighted by Crippen LogP contribution is -1.80. The van der Waals surface area contributed by atoms with Gasteiger partial charge in [-0.2, -0.15) is 0 Å². The number of carbonyl (C=O) groups excluding carboxylic acids is 1. The van der Waals surface area contributed by atoms with Crippen LogP contribution in [0.25, 0.3) is 0 Å². The van der Waals surface area contributed by atoms with Gasteiger partial charge in [-0.05, 0) is 18.2 Å². The molecule has 0 saturated heterocycles. The van der Waals surface area contributed by atoms with Gasteiger partial charge >= 0.3 is 0 Å². The number of benzene rings is 1. The Bertz CT molecular complexity index is 185. The zero-order valence-corrected chi connectivity index (χ0v) is 6.97. The summed E-state index contributed by atoms with van der Waals surface area (Å²) < 4.78 is 1.03. The van der Waals surface area contributed by atoms with E-state index in [9.17, 15) is 0 Å². The van der Waals surface area contributed by atoms with E-state index >= 15 is 0 Å². The number of rotatable bonds is 0. The van der Waals surface area contributed by atoms with Gasteiger partial charge in [0.25, 0.3) is 0 Å². The lowest BCUT2D eigenvalue weighted by molar-refractivity contribution is -0.0979. The minimum absolute atomic E-state index is 0.791. The number of halogens is 1. The molecule has 0 aromatic heterocycles.